The van der Waals surface area contributed by atoms with Crippen LogP contribution < -0.4 is 10.6 Å². The maximum Gasteiger partial charge on any atom is 0.407 e. The lowest BCUT2D eigenvalue weighted by atomic mass is 10.0. The highest BCUT2D eigenvalue weighted by Crippen LogP contribution is 2.45. The molecule has 2 unspecified atom stereocenters. The van der Waals surface area contributed by atoms with Gasteiger partial charge >= 0.3 is 12.2 Å². The number of ether oxygens (including phenoxy) is 2. The number of carbonyl (C=O) groups is 4. The zero-order valence-corrected chi connectivity index (χ0v) is 35.1. The average molecular weight is 855 g/mol. The van der Waals surface area contributed by atoms with E-state index in [1.165, 1.54) is 29.2 Å². The van der Waals surface area contributed by atoms with Gasteiger partial charge in [-0.05, 0) is 54.2 Å². The summed E-state index contributed by atoms with van der Waals surface area (Å²) in [6.45, 7) is 2.63. The molecule has 4 aromatic heterocycles. The lowest BCUT2D eigenvalue weighted by molar-refractivity contribution is -0.134. The van der Waals surface area contributed by atoms with Crippen molar-refractivity contribution in [3.05, 3.63) is 119 Å². The molecule has 0 radical (unpaired) electrons. The number of rotatable bonds is 10. The molecular formula is C45H42N8O6S2. The van der Waals surface area contributed by atoms with Crippen LogP contribution in [-0.4, -0.2) is 87.1 Å². The molecular weight excluding hydrogens is 813 g/mol. The van der Waals surface area contributed by atoms with Gasteiger partial charge in [-0.25, -0.2) is 19.6 Å². The zero-order valence-electron chi connectivity index (χ0n) is 33.5. The number of nitrogens with one attached hydrogen (secondary N) is 4. The second kappa shape index (κ2) is 16.7. The van der Waals surface area contributed by atoms with Gasteiger partial charge in [-0.1, -0.05) is 72.8 Å². The average Bonchev–Trinajstić information content (AvgIpc) is 4.15. The van der Waals surface area contributed by atoms with Crippen molar-refractivity contribution in [1.82, 2.24) is 40.4 Å². The monoisotopic (exact) mass is 854 g/mol. The predicted molar refractivity (Wildman–Crippen MR) is 235 cm³/mol. The van der Waals surface area contributed by atoms with E-state index >= 15 is 0 Å². The van der Waals surface area contributed by atoms with Gasteiger partial charge in [0.15, 0.2) is 0 Å². The van der Waals surface area contributed by atoms with Crippen LogP contribution in [0.1, 0.15) is 55.1 Å². The first-order chi connectivity index (χ1) is 29.7. The van der Waals surface area contributed by atoms with E-state index in [9.17, 15) is 19.2 Å². The summed E-state index contributed by atoms with van der Waals surface area (Å²) in [5.74, 6) is 0.919. The number of aromatic amines is 2. The number of thiophene rings is 2. The predicted octanol–water partition coefficient (Wildman–Crippen LogP) is 8.51. The Morgan fingerprint density at radius 2 is 1.49 bits per heavy atom. The number of fused-ring (bicyclic) bond motifs is 2. The normalized spacial score (nSPS) is 17.2. The number of amides is 4. The van der Waals surface area contributed by atoms with Gasteiger partial charge in [0, 0.05) is 35.0 Å². The molecule has 3 aromatic carbocycles. The SMILES string of the molecule is COC(=O)N[C@H](C)C(=O)N1CCCC1c1ncc(-c2ccc(-c3csc4c(-c5ccc6nc(C7C=CCN7C(=O)[C@H](NC(=O)OC)c7ccccc7)[nH]c6c5)csc34)cc2)[nH]1. The Morgan fingerprint density at radius 1 is 0.803 bits per heavy atom. The number of likely N-dealkylation sites (tertiary alicyclic amines) is 1. The fourth-order valence-corrected chi connectivity index (χ4v) is 10.6. The molecule has 1 saturated heterocycles. The maximum atomic E-state index is 14.0. The largest absolute Gasteiger partial charge is 0.453 e. The van der Waals surface area contributed by atoms with Crippen molar-refractivity contribution < 1.29 is 28.7 Å². The van der Waals surface area contributed by atoms with E-state index in [4.69, 9.17) is 9.72 Å². The first kappa shape index (κ1) is 39.7. The van der Waals surface area contributed by atoms with Gasteiger partial charge in [0.25, 0.3) is 5.91 Å². The third-order valence-electron chi connectivity index (χ3n) is 11.3. The lowest BCUT2D eigenvalue weighted by Crippen LogP contribution is -2.46. The van der Waals surface area contributed by atoms with Crippen LogP contribution in [0.25, 0.3) is 53.9 Å². The highest BCUT2D eigenvalue weighted by atomic mass is 32.1. The molecule has 2 aliphatic rings. The van der Waals surface area contributed by atoms with Crippen LogP contribution in [0, 0.1) is 0 Å². The minimum atomic E-state index is -0.922. The van der Waals surface area contributed by atoms with Gasteiger partial charge in [-0.3, -0.25) is 9.59 Å². The lowest BCUT2D eigenvalue weighted by Gasteiger charge is -2.28. The highest BCUT2D eigenvalue weighted by Gasteiger charge is 2.36. The molecule has 0 spiro atoms. The van der Waals surface area contributed by atoms with Crippen molar-refractivity contribution in [3.63, 3.8) is 0 Å². The summed E-state index contributed by atoms with van der Waals surface area (Å²) in [5.41, 5.74) is 8.63. The van der Waals surface area contributed by atoms with Crippen molar-refractivity contribution in [2.24, 2.45) is 0 Å². The second-order valence-corrected chi connectivity index (χ2v) is 16.7. The van der Waals surface area contributed by atoms with Crippen molar-refractivity contribution >= 4 is 67.1 Å². The number of methoxy groups -OCH3 is 2. The molecule has 9 rings (SSSR count). The first-order valence-corrected chi connectivity index (χ1v) is 21.6. The Morgan fingerprint density at radius 3 is 2.23 bits per heavy atom. The number of hydrogen-bond acceptors (Lipinski definition) is 10. The van der Waals surface area contributed by atoms with Gasteiger partial charge in [-0.2, -0.15) is 0 Å². The Balaban J connectivity index is 0.911. The Bertz CT molecular complexity index is 2790. The minimum Gasteiger partial charge on any atom is -0.453 e. The molecule has 1 fully saturated rings. The van der Waals surface area contributed by atoms with Gasteiger partial charge in [0.1, 0.15) is 29.8 Å². The molecule has 4 N–H and O–H groups in total. The van der Waals surface area contributed by atoms with E-state index in [1.807, 2.05) is 42.6 Å². The Hall–Kier alpha value is -6.78. The highest BCUT2D eigenvalue weighted by molar-refractivity contribution is 7.27. The number of aromatic nitrogens is 4. The molecule has 7 aromatic rings. The summed E-state index contributed by atoms with van der Waals surface area (Å²) >= 11 is 3.44. The minimum absolute atomic E-state index is 0.172. The van der Waals surface area contributed by atoms with Gasteiger partial charge in [-0.15, -0.1) is 22.7 Å². The number of alkyl carbamates (subject to hydrolysis) is 2. The molecule has 6 heterocycles. The summed E-state index contributed by atoms with van der Waals surface area (Å²) < 4.78 is 11.9. The zero-order chi connectivity index (χ0) is 42.2. The number of hydrogen-bond donors (Lipinski definition) is 4. The van der Waals surface area contributed by atoms with Crippen LogP contribution in [0.15, 0.2) is 102 Å². The van der Waals surface area contributed by atoms with Crippen LogP contribution >= 0.6 is 22.7 Å². The van der Waals surface area contributed by atoms with Crippen molar-refractivity contribution in [2.45, 2.75) is 43.9 Å². The fourth-order valence-electron chi connectivity index (χ4n) is 8.16. The Kier molecular flexibility index (Phi) is 10.9. The topological polar surface area (TPSA) is 175 Å². The number of H-pyrrole nitrogens is 2. The summed E-state index contributed by atoms with van der Waals surface area (Å²) in [6.07, 6.45) is 6.00. The Labute approximate surface area is 358 Å². The molecule has 16 heteroatoms. The number of imidazole rings is 2. The molecule has 4 amide bonds. The number of benzene rings is 3. The summed E-state index contributed by atoms with van der Waals surface area (Å²) in [7, 11) is 2.55. The maximum absolute atomic E-state index is 14.0. The first-order valence-electron chi connectivity index (χ1n) is 19.9. The van der Waals surface area contributed by atoms with E-state index < -0.39 is 30.3 Å². The standard InChI is InChI=1S/C45H42N8O6S2/c1-25(47-44(56)58-2)42(54)52-19-7-11-35(52)40-46-22-34(50-40)27-15-13-26(14-16-27)30-23-60-39-31(24-61-38(30)39)29-17-18-32-33(21-29)49-41(48-32)36-12-8-20-53(36)43(55)37(51-45(57)59-3)28-9-5-4-6-10-28/h4-6,8-10,12-18,21-25,35-37H,7,11,19-20H2,1-3H3,(H,46,50)(H,47,56)(H,48,49)(H,51,57)/t25-,35?,36?,37-/m1/s1. The smallest absolute Gasteiger partial charge is 0.407 e. The molecule has 0 aliphatic carbocycles. The molecule has 4 atom stereocenters. The van der Waals surface area contributed by atoms with Crippen LogP contribution in [0.3, 0.4) is 0 Å². The third-order valence-corrected chi connectivity index (χ3v) is 13.4. The van der Waals surface area contributed by atoms with Gasteiger partial charge in [0.2, 0.25) is 5.91 Å². The molecule has 0 saturated carbocycles. The summed E-state index contributed by atoms with van der Waals surface area (Å²) in [4.78, 5) is 71.1. The molecule has 2 aliphatic heterocycles. The van der Waals surface area contributed by atoms with E-state index in [0.29, 0.717) is 24.5 Å². The van der Waals surface area contributed by atoms with Crippen molar-refractivity contribution in [3.8, 4) is 33.5 Å². The summed E-state index contributed by atoms with van der Waals surface area (Å²) in [6, 6.07) is 21.5. The number of carbonyl (C=O) groups excluding carboxylic acids is 4. The van der Waals surface area contributed by atoms with Crippen LogP contribution in [-0.2, 0) is 19.1 Å². The molecule has 61 heavy (non-hydrogen) atoms. The van der Waals surface area contributed by atoms with Crippen molar-refractivity contribution in [2.75, 3.05) is 27.3 Å². The molecule has 310 valence electrons. The fraction of sp³-hybridized carbons (Fsp3) is 0.244. The summed E-state index contributed by atoms with van der Waals surface area (Å²) in [5, 5.41) is 9.68. The van der Waals surface area contributed by atoms with Crippen LogP contribution in [0.5, 0.6) is 0 Å². The van der Waals surface area contributed by atoms with Crippen LogP contribution in [0.2, 0.25) is 0 Å². The van der Waals surface area contributed by atoms with Gasteiger partial charge in [0.05, 0.1) is 52.6 Å². The quantitative estimate of drug-likeness (QED) is 0.0991. The number of nitrogens with zero attached hydrogens (tertiary/aromatic N) is 4. The van der Waals surface area contributed by atoms with E-state index in [2.05, 4.69) is 77.5 Å². The molecule has 14 nitrogen and oxygen atoms in total. The second-order valence-electron chi connectivity index (χ2n) is 15.0. The van der Waals surface area contributed by atoms with Crippen LogP contribution in [0.4, 0.5) is 9.59 Å². The van der Waals surface area contributed by atoms with E-state index in [0.717, 1.165) is 57.6 Å². The molecule has 0 bridgehead atoms. The van der Waals surface area contributed by atoms with Gasteiger partial charge < -0.3 is 39.9 Å². The van der Waals surface area contributed by atoms with Crippen molar-refractivity contribution in [1.29, 1.82) is 0 Å². The van der Waals surface area contributed by atoms with E-state index in [-0.39, 0.29) is 17.9 Å². The third kappa shape index (κ3) is 7.64. The van der Waals surface area contributed by atoms with E-state index in [1.54, 1.807) is 51.5 Å².